The van der Waals surface area contributed by atoms with Gasteiger partial charge in [-0.15, -0.1) is 0 Å². The van der Waals surface area contributed by atoms with Crippen LogP contribution in [0.3, 0.4) is 0 Å². The molecule has 0 saturated carbocycles. The minimum Gasteiger partial charge on any atom is -0.489 e. The van der Waals surface area contributed by atoms with Crippen LogP contribution in [0.1, 0.15) is 20.3 Å². The van der Waals surface area contributed by atoms with Gasteiger partial charge in [-0.25, -0.2) is 0 Å². The number of hydrogen-bond donors (Lipinski definition) is 2. The summed E-state index contributed by atoms with van der Waals surface area (Å²) >= 11 is 3.45. The van der Waals surface area contributed by atoms with Crippen molar-refractivity contribution in [2.75, 3.05) is 26.2 Å². The number of aliphatic hydroxyl groups is 1. The minimum atomic E-state index is -0.408. The Morgan fingerprint density at radius 2 is 1.95 bits per heavy atom. The molecule has 1 fully saturated rings. The second kappa shape index (κ2) is 7.43. The first-order chi connectivity index (χ1) is 9.54. The molecule has 0 radical (unpaired) electrons. The maximum absolute atomic E-state index is 10.2. The number of aliphatic hydroxyl groups excluding tert-OH is 1. The van der Waals surface area contributed by atoms with E-state index in [-0.39, 0.29) is 0 Å². The smallest absolute Gasteiger partial charge is 0.137 e. The lowest BCUT2D eigenvalue weighted by Crippen LogP contribution is -3.15. The molecule has 1 aliphatic rings. The summed E-state index contributed by atoms with van der Waals surface area (Å²) in [6.45, 7) is 8.07. The van der Waals surface area contributed by atoms with Gasteiger partial charge in [0.2, 0.25) is 0 Å². The minimum absolute atomic E-state index is 0.356. The molecular formula is C16H25BrNO2+. The molecule has 0 spiro atoms. The number of ether oxygens (including phenoxy) is 1. The van der Waals surface area contributed by atoms with Crippen LogP contribution >= 0.6 is 15.9 Å². The third-order valence-corrected chi connectivity index (χ3v) is 4.53. The topological polar surface area (TPSA) is 33.9 Å². The molecule has 1 aromatic rings. The summed E-state index contributed by atoms with van der Waals surface area (Å²) in [6.07, 6.45) is 0.905. The summed E-state index contributed by atoms with van der Waals surface area (Å²) < 4.78 is 6.61. The fourth-order valence-corrected chi connectivity index (χ4v) is 3.63. The van der Waals surface area contributed by atoms with E-state index in [1.165, 1.54) is 11.3 Å². The maximum Gasteiger partial charge on any atom is 0.137 e. The molecule has 0 aromatic heterocycles. The second-order valence-electron chi connectivity index (χ2n) is 6.20. The van der Waals surface area contributed by atoms with Crippen molar-refractivity contribution < 1.29 is 14.7 Å². The first kappa shape index (κ1) is 15.8. The van der Waals surface area contributed by atoms with Crippen LogP contribution in [-0.4, -0.2) is 37.5 Å². The highest BCUT2D eigenvalue weighted by Crippen LogP contribution is 2.23. The van der Waals surface area contributed by atoms with Gasteiger partial charge in [0, 0.05) is 11.8 Å². The Balaban J connectivity index is 1.78. The number of halogens is 1. The Morgan fingerprint density at radius 1 is 1.30 bits per heavy atom. The monoisotopic (exact) mass is 342 g/mol. The summed E-state index contributed by atoms with van der Waals surface area (Å²) in [4.78, 5) is 1.50. The zero-order valence-electron chi connectivity index (χ0n) is 12.3. The molecule has 1 heterocycles. The van der Waals surface area contributed by atoms with E-state index in [1.54, 1.807) is 0 Å². The molecular weight excluding hydrogens is 318 g/mol. The molecule has 0 unspecified atom stereocenters. The van der Waals surface area contributed by atoms with E-state index in [2.05, 4.69) is 29.8 Å². The van der Waals surface area contributed by atoms with Gasteiger partial charge in [-0.05, 0) is 34.5 Å². The zero-order chi connectivity index (χ0) is 14.5. The van der Waals surface area contributed by atoms with E-state index in [4.69, 9.17) is 4.74 Å². The lowest BCUT2D eigenvalue weighted by atomic mass is 9.92. The maximum atomic E-state index is 10.2. The fraction of sp³-hybridized carbons (Fsp3) is 0.625. The fourth-order valence-electron chi connectivity index (χ4n) is 3.23. The molecule has 4 heteroatoms. The number of benzene rings is 1. The number of likely N-dealkylation sites (tertiary alicyclic amines) is 1. The van der Waals surface area contributed by atoms with Crippen molar-refractivity contribution in [3.63, 3.8) is 0 Å². The molecule has 0 aliphatic carbocycles. The average molecular weight is 343 g/mol. The number of nitrogens with one attached hydrogen (secondary N) is 1. The lowest BCUT2D eigenvalue weighted by molar-refractivity contribution is -0.915. The highest BCUT2D eigenvalue weighted by atomic mass is 79.9. The highest BCUT2D eigenvalue weighted by molar-refractivity contribution is 9.10. The molecule has 1 aliphatic heterocycles. The molecule has 3 atom stereocenters. The highest BCUT2D eigenvalue weighted by Gasteiger charge is 2.26. The Hall–Kier alpha value is -0.580. The van der Waals surface area contributed by atoms with Gasteiger partial charge in [0.25, 0.3) is 0 Å². The lowest BCUT2D eigenvalue weighted by Gasteiger charge is -2.33. The summed E-state index contributed by atoms with van der Waals surface area (Å²) in [7, 11) is 0. The van der Waals surface area contributed by atoms with Crippen LogP contribution in [0.15, 0.2) is 28.7 Å². The van der Waals surface area contributed by atoms with Crippen molar-refractivity contribution >= 4 is 15.9 Å². The van der Waals surface area contributed by atoms with Crippen LogP contribution in [-0.2, 0) is 0 Å². The molecule has 0 amide bonds. The molecule has 1 saturated heterocycles. The molecule has 0 bridgehead atoms. The summed E-state index contributed by atoms with van der Waals surface area (Å²) in [5.74, 6) is 2.30. The van der Waals surface area contributed by atoms with Crippen molar-refractivity contribution in [1.29, 1.82) is 0 Å². The molecule has 1 aromatic carbocycles. The third kappa shape index (κ3) is 4.76. The normalized spacial score (nSPS) is 28.1. The van der Waals surface area contributed by atoms with Crippen LogP contribution in [0.4, 0.5) is 0 Å². The SMILES string of the molecule is C[C@@H]1C[C@@H](C)C[NH+](C[C@@H](O)COc2ccccc2Br)C1. The van der Waals surface area contributed by atoms with E-state index in [9.17, 15) is 5.11 Å². The Kier molecular flexibility index (Phi) is 5.87. The first-order valence-corrected chi connectivity index (χ1v) is 8.23. The van der Waals surface area contributed by atoms with Gasteiger partial charge in [-0.1, -0.05) is 26.0 Å². The summed E-state index contributed by atoms with van der Waals surface area (Å²) in [5, 5.41) is 10.2. The molecule has 2 rings (SSSR count). The molecule has 3 nitrogen and oxygen atoms in total. The predicted molar refractivity (Wildman–Crippen MR) is 84.2 cm³/mol. The van der Waals surface area contributed by atoms with Crippen molar-refractivity contribution in [1.82, 2.24) is 0 Å². The number of rotatable bonds is 5. The largest absolute Gasteiger partial charge is 0.489 e. The number of quaternary nitrogens is 1. The number of piperidine rings is 1. The number of hydrogen-bond acceptors (Lipinski definition) is 2. The standard InChI is InChI=1S/C16H24BrNO2/c1-12-7-13(2)9-18(8-12)10-14(19)11-20-16-6-4-3-5-15(16)17/h3-6,12-14,19H,7-11H2,1-2H3/p+1/t12-,13-,14-/m1/s1. The Morgan fingerprint density at radius 3 is 2.60 bits per heavy atom. The summed E-state index contributed by atoms with van der Waals surface area (Å²) in [5.41, 5.74) is 0. The number of para-hydroxylation sites is 1. The van der Waals surface area contributed by atoms with Crippen LogP contribution in [0, 0.1) is 11.8 Å². The molecule has 112 valence electrons. The quantitative estimate of drug-likeness (QED) is 0.854. The molecule has 20 heavy (non-hydrogen) atoms. The summed E-state index contributed by atoms with van der Waals surface area (Å²) in [6, 6.07) is 7.75. The zero-order valence-corrected chi connectivity index (χ0v) is 13.9. The van der Waals surface area contributed by atoms with E-state index in [0.29, 0.717) is 6.61 Å². The van der Waals surface area contributed by atoms with Gasteiger partial charge in [-0.2, -0.15) is 0 Å². The van der Waals surface area contributed by atoms with Gasteiger partial charge in [0.15, 0.2) is 0 Å². The Labute approximate surface area is 130 Å². The van der Waals surface area contributed by atoms with Crippen LogP contribution in [0.2, 0.25) is 0 Å². The van der Waals surface area contributed by atoms with Crippen LogP contribution in [0.5, 0.6) is 5.75 Å². The van der Waals surface area contributed by atoms with Gasteiger partial charge in [0.1, 0.15) is 25.0 Å². The second-order valence-corrected chi connectivity index (χ2v) is 7.06. The molecule has 2 N–H and O–H groups in total. The van der Waals surface area contributed by atoms with Gasteiger partial charge in [-0.3, -0.25) is 0 Å². The van der Waals surface area contributed by atoms with E-state index in [0.717, 1.165) is 41.7 Å². The Bertz CT molecular complexity index is 417. The third-order valence-electron chi connectivity index (χ3n) is 3.87. The van der Waals surface area contributed by atoms with Gasteiger partial charge in [0.05, 0.1) is 17.6 Å². The van der Waals surface area contributed by atoms with E-state index in [1.807, 2.05) is 24.3 Å². The van der Waals surface area contributed by atoms with Crippen molar-refractivity contribution in [3.8, 4) is 5.75 Å². The average Bonchev–Trinajstić information content (AvgIpc) is 2.36. The van der Waals surface area contributed by atoms with Crippen molar-refractivity contribution in [2.24, 2.45) is 11.8 Å². The van der Waals surface area contributed by atoms with Crippen LogP contribution < -0.4 is 9.64 Å². The van der Waals surface area contributed by atoms with Crippen molar-refractivity contribution in [3.05, 3.63) is 28.7 Å². The first-order valence-electron chi connectivity index (χ1n) is 7.43. The van der Waals surface area contributed by atoms with E-state index >= 15 is 0 Å². The predicted octanol–water partition coefficient (Wildman–Crippen LogP) is 1.75. The van der Waals surface area contributed by atoms with Gasteiger partial charge < -0.3 is 14.7 Å². The van der Waals surface area contributed by atoms with Crippen molar-refractivity contribution in [2.45, 2.75) is 26.4 Å². The van der Waals surface area contributed by atoms with E-state index < -0.39 is 6.10 Å². The van der Waals surface area contributed by atoms with Gasteiger partial charge >= 0.3 is 0 Å². The van der Waals surface area contributed by atoms with Crippen LogP contribution in [0.25, 0.3) is 0 Å².